The highest BCUT2D eigenvalue weighted by atomic mass is 16.6. The third-order valence-electron chi connectivity index (χ3n) is 4.34. The van der Waals surface area contributed by atoms with Gasteiger partial charge in [0.25, 0.3) is 0 Å². The van der Waals surface area contributed by atoms with Gasteiger partial charge >= 0.3 is 11.9 Å². The lowest BCUT2D eigenvalue weighted by molar-refractivity contribution is -0.153. The van der Waals surface area contributed by atoms with Gasteiger partial charge in [-0.25, -0.2) is 0 Å². The van der Waals surface area contributed by atoms with Crippen LogP contribution in [0.15, 0.2) is 12.2 Å². The molecule has 3 atom stereocenters. The third-order valence-corrected chi connectivity index (χ3v) is 4.34. The number of hydrogen-bond donors (Lipinski definition) is 0. The SMILES string of the molecule is C[C@H]1C=C[C@H]([C@@H]2CC(=O)OC2=O)C12CC2. The zero-order valence-corrected chi connectivity index (χ0v) is 8.73. The third kappa shape index (κ3) is 1.12. The van der Waals surface area contributed by atoms with Crippen molar-refractivity contribution in [1.29, 1.82) is 0 Å². The predicted molar refractivity (Wildman–Crippen MR) is 52.7 cm³/mol. The van der Waals surface area contributed by atoms with Gasteiger partial charge in [-0.1, -0.05) is 19.1 Å². The highest BCUT2D eigenvalue weighted by Crippen LogP contribution is 2.64. The molecule has 0 aromatic heterocycles. The van der Waals surface area contributed by atoms with Crippen molar-refractivity contribution in [3.63, 3.8) is 0 Å². The van der Waals surface area contributed by atoms with Gasteiger partial charge in [0.2, 0.25) is 0 Å². The summed E-state index contributed by atoms with van der Waals surface area (Å²) in [6, 6.07) is 0. The van der Waals surface area contributed by atoms with Gasteiger partial charge in [0, 0.05) is 0 Å². The van der Waals surface area contributed by atoms with Crippen LogP contribution in [0.4, 0.5) is 0 Å². The molecule has 0 bridgehead atoms. The van der Waals surface area contributed by atoms with E-state index in [2.05, 4.69) is 23.8 Å². The minimum absolute atomic E-state index is 0.207. The Morgan fingerprint density at radius 1 is 1.33 bits per heavy atom. The Kier molecular flexibility index (Phi) is 1.65. The van der Waals surface area contributed by atoms with Gasteiger partial charge in [-0.15, -0.1) is 0 Å². The molecule has 0 unspecified atom stereocenters. The molecule has 3 rings (SSSR count). The molecule has 1 saturated carbocycles. The number of carbonyl (C=O) groups excluding carboxylic acids is 2. The second kappa shape index (κ2) is 2.71. The van der Waals surface area contributed by atoms with Gasteiger partial charge < -0.3 is 4.74 Å². The van der Waals surface area contributed by atoms with Crippen LogP contribution in [0.2, 0.25) is 0 Å². The van der Waals surface area contributed by atoms with Gasteiger partial charge in [0.05, 0.1) is 12.3 Å². The molecule has 15 heavy (non-hydrogen) atoms. The van der Waals surface area contributed by atoms with E-state index in [9.17, 15) is 9.59 Å². The Bertz CT molecular complexity index is 365. The molecule has 3 heteroatoms. The van der Waals surface area contributed by atoms with E-state index in [1.165, 1.54) is 12.8 Å². The molecule has 1 spiro atoms. The van der Waals surface area contributed by atoms with Crippen LogP contribution < -0.4 is 0 Å². The van der Waals surface area contributed by atoms with Gasteiger partial charge in [-0.3, -0.25) is 9.59 Å². The fourth-order valence-corrected chi connectivity index (χ4v) is 3.21. The van der Waals surface area contributed by atoms with Crippen LogP contribution in [-0.2, 0) is 14.3 Å². The lowest BCUT2D eigenvalue weighted by Crippen LogP contribution is -2.26. The Morgan fingerprint density at radius 2 is 2.07 bits per heavy atom. The molecule has 0 amide bonds. The number of rotatable bonds is 1. The molecule has 1 aliphatic heterocycles. The fourth-order valence-electron chi connectivity index (χ4n) is 3.21. The van der Waals surface area contributed by atoms with Crippen molar-refractivity contribution in [3.8, 4) is 0 Å². The van der Waals surface area contributed by atoms with Crippen molar-refractivity contribution in [2.45, 2.75) is 26.2 Å². The van der Waals surface area contributed by atoms with E-state index in [0.717, 1.165) is 0 Å². The molecule has 0 N–H and O–H groups in total. The average molecular weight is 206 g/mol. The normalized spacial score (nSPS) is 41.3. The van der Waals surface area contributed by atoms with Crippen molar-refractivity contribution in [2.24, 2.45) is 23.2 Å². The zero-order valence-electron chi connectivity index (χ0n) is 8.73. The summed E-state index contributed by atoms with van der Waals surface area (Å²) in [5.41, 5.74) is 0.286. The Labute approximate surface area is 88.5 Å². The maximum atomic E-state index is 11.5. The molecule has 0 aromatic carbocycles. The first-order chi connectivity index (χ1) is 7.13. The van der Waals surface area contributed by atoms with Crippen LogP contribution in [0.5, 0.6) is 0 Å². The largest absolute Gasteiger partial charge is 0.393 e. The molecule has 3 nitrogen and oxygen atoms in total. The van der Waals surface area contributed by atoms with Crippen LogP contribution in [0.3, 0.4) is 0 Å². The van der Waals surface area contributed by atoms with Crippen molar-refractivity contribution >= 4 is 11.9 Å². The summed E-state index contributed by atoms with van der Waals surface area (Å²) in [5, 5.41) is 0. The van der Waals surface area contributed by atoms with Crippen LogP contribution >= 0.6 is 0 Å². The summed E-state index contributed by atoms with van der Waals surface area (Å²) in [6.45, 7) is 2.20. The molecule has 1 saturated heterocycles. The van der Waals surface area contributed by atoms with Gasteiger partial charge in [0.1, 0.15) is 0 Å². The Morgan fingerprint density at radius 3 is 2.60 bits per heavy atom. The van der Waals surface area contributed by atoms with Crippen molar-refractivity contribution in [3.05, 3.63) is 12.2 Å². The lowest BCUT2D eigenvalue weighted by Gasteiger charge is -2.24. The quantitative estimate of drug-likeness (QED) is 0.372. The number of hydrogen-bond acceptors (Lipinski definition) is 3. The minimum atomic E-state index is -0.353. The first-order valence-corrected chi connectivity index (χ1v) is 5.56. The molecular formula is C12H14O3. The van der Waals surface area contributed by atoms with E-state index in [1.54, 1.807) is 0 Å². The Balaban J connectivity index is 1.87. The van der Waals surface area contributed by atoms with E-state index >= 15 is 0 Å². The summed E-state index contributed by atoms with van der Waals surface area (Å²) in [7, 11) is 0. The average Bonchev–Trinajstić information content (AvgIpc) is 2.82. The van der Waals surface area contributed by atoms with Crippen LogP contribution in [0, 0.1) is 23.2 Å². The smallest absolute Gasteiger partial charge is 0.317 e. The molecule has 2 fully saturated rings. The maximum absolute atomic E-state index is 11.5. The molecule has 2 aliphatic carbocycles. The minimum Gasteiger partial charge on any atom is -0.393 e. The second-order valence-electron chi connectivity index (χ2n) is 5.04. The molecule has 0 aromatic rings. The lowest BCUT2D eigenvalue weighted by atomic mass is 9.77. The van der Waals surface area contributed by atoms with E-state index < -0.39 is 0 Å². The molecule has 80 valence electrons. The van der Waals surface area contributed by atoms with E-state index in [4.69, 9.17) is 0 Å². The standard InChI is InChI=1S/C12H14O3/c1-7-2-3-9(12(7)4-5-12)8-6-10(13)15-11(8)14/h2-3,7-9H,4-6H2,1H3/t7-,8-,9+/m0/s1. The first kappa shape index (κ1) is 9.13. The Hall–Kier alpha value is -1.12. The van der Waals surface area contributed by atoms with Crippen molar-refractivity contribution < 1.29 is 14.3 Å². The highest BCUT2D eigenvalue weighted by Gasteiger charge is 2.59. The maximum Gasteiger partial charge on any atom is 0.317 e. The van der Waals surface area contributed by atoms with Crippen LogP contribution in [0.1, 0.15) is 26.2 Å². The highest BCUT2D eigenvalue weighted by molar-refractivity contribution is 5.95. The first-order valence-electron chi connectivity index (χ1n) is 5.56. The fraction of sp³-hybridized carbons (Fsp3) is 0.667. The van der Waals surface area contributed by atoms with Gasteiger partial charge in [-0.2, -0.15) is 0 Å². The van der Waals surface area contributed by atoms with Crippen molar-refractivity contribution in [1.82, 2.24) is 0 Å². The predicted octanol–water partition coefficient (Wildman–Crippen LogP) is 1.68. The summed E-state index contributed by atoms with van der Waals surface area (Å²) in [6.07, 6.45) is 6.96. The monoisotopic (exact) mass is 206 g/mol. The van der Waals surface area contributed by atoms with E-state index in [0.29, 0.717) is 5.92 Å². The zero-order chi connectivity index (χ0) is 10.6. The number of esters is 2. The van der Waals surface area contributed by atoms with Gasteiger partial charge in [0.15, 0.2) is 0 Å². The topological polar surface area (TPSA) is 43.4 Å². The summed E-state index contributed by atoms with van der Waals surface area (Å²) >= 11 is 0. The number of allylic oxidation sites excluding steroid dienone is 2. The van der Waals surface area contributed by atoms with E-state index in [1.807, 2.05) is 0 Å². The number of cyclic esters (lactones) is 2. The molecule has 3 aliphatic rings. The molecule has 0 radical (unpaired) electrons. The van der Waals surface area contributed by atoms with E-state index in [-0.39, 0.29) is 35.6 Å². The van der Waals surface area contributed by atoms with Crippen LogP contribution in [-0.4, -0.2) is 11.9 Å². The van der Waals surface area contributed by atoms with Crippen molar-refractivity contribution in [2.75, 3.05) is 0 Å². The second-order valence-corrected chi connectivity index (χ2v) is 5.04. The summed E-state index contributed by atoms with van der Waals surface area (Å²) in [5.74, 6) is -0.0811. The van der Waals surface area contributed by atoms with Gasteiger partial charge in [-0.05, 0) is 30.1 Å². The number of ether oxygens (including phenoxy) is 1. The molecule has 1 heterocycles. The van der Waals surface area contributed by atoms with Crippen LogP contribution in [0.25, 0.3) is 0 Å². The number of carbonyl (C=O) groups is 2. The molecular weight excluding hydrogens is 192 g/mol. The summed E-state index contributed by atoms with van der Waals surface area (Å²) in [4.78, 5) is 22.6. The summed E-state index contributed by atoms with van der Waals surface area (Å²) < 4.78 is 4.63.